The van der Waals surface area contributed by atoms with Crippen LogP contribution in [0.25, 0.3) is 0 Å². The van der Waals surface area contributed by atoms with Crippen molar-refractivity contribution in [1.29, 1.82) is 0 Å². The number of carboxylic acids is 1. The van der Waals surface area contributed by atoms with E-state index in [1.54, 1.807) is 0 Å². The van der Waals surface area contributed by atoms with Gasteiger partial charge in [0.2, 0.25) is 0 Å². The van der Waals surface area contributed by atoms with Gasteiger partial charge in [-0.2, -0.15) is 0 Å². The molecule has 0 bridgehead atoms. The summed E-state index contributed by atoms with van der Waals surface area (Å²) in [6.45, 7) is 6.22. The first-order valence-corrected chi connectivity index (χ1v) is 3.71. The van der Waals surface area contributed by atoms with Crippen molar-refractivity contribution in [3.8, 4) is 0 Å². The highest BCUT2D eigenvalue weighted by Gasteiger charge is 2.56. The molecule has 0 heterocycles. The van der Waals surface area contributed by atoms with Gasteiger partial charge in [0.25, 0.3) is 0 Å². The molecule has 0 aromatic rings. The van der Waals surface area contributed by atoms with Crippen molar-refractivity contribution in [3.63, 3.8) is 0 Å². The monoisotopic (exact) mass is 142 g/mol. The van der Waals surface area contributed by atoms with Crippen LogP contribution in [0.15, 0.2) is 0 Å². The van der Waals surface area contributed by atoms with Gasteiger partial charge >= 0.3 is 5.97 Å². The molecule has 2 heteroatoms. The lowest BCUT2D eigenvalue weighted by molar-refractivity contribution is -0.139. The lowest BCUT2D eigenvalue weighted by Crippen LogP contribution is -2.12. The van der Waals surface area contributed by atoms with Crippen LogP contribution in [0.4, 0.5) is 0 Å². The molecule has 1 rings (SSSR count). The van der Waals surface area contributed by atoms with Crippen LogP contribution in [-0.2, 0) is 4.79 Å². The Bertz CT molecular complexity index is 163. The van der Waals surface area contributed by atoms with Crippen LogP contribution in [-0.4, -0.2) is 11.1 Å². The van der Waals surface area contributed by atoms with Gasteiger partial charge in [0.1, 0.15) is 0 Å². The Morgan fingerprint density at radius 3 is 2.30 bits per heavy atom. The number of hydrogen-bond acceptors (Lipinski definition) is 1. The smallest absolute Gasteiger partial charge is 0.307 e. The largest absolute Gasteiger partial charge is 0.481 e. The van der Waals surface area contributed by atoms with Crippen LogP contribution in [0, 0.1) is 17.3 Å². The van der Waals surface area contributed by atoms with Crippen LogP contribution in [0.1, 0.15) is 27.2 Å². The molecule has 0 spiro atoms. The third-order valence-electron chi connectivity index (χ3n) is 2.90. The molecule has 0 saturated heterocycles. The number of hydrogen-bond donors (Lipinski definition) is 1. The van der Waals surface area contributed by atoms with Crippen molar-refractivity contribution in [2.45, 2.75) is 27.2 Å². The highest BCUT2D eigenvalue weighted by Crippen LogP contribution is 2.57. The molecule has 2 atom stereocenters. The van der Waals surface area contributed by atoms with Crippen LogP contribution in [0.5, 0.6) is 0 Å². The molecular weight excluding hydrogens is 128 g/mol. The molecule has 0 radical (unpaired) electrons. The maximum absolute atomic E-state index is 10.5. The Kier molecular flexibility index (Phi) is 1.50. The summed E-state index contributed by atoms with van der Waals surface area (Å²) in [4.78, 5) is 10.5. The molecule has 0 aromatic carbocycles. The standard InChI is InChI=1S/C8H14O2/c1-5(2)8(3)4-6(8)7(9)10/h5-6H,4H2,1-3H3,(H,9,10)/t6-,8-/m0/s1. The zero-order chi connectivity index (χ0) is 7.94. The average molecular weight is 142 g/mol. The van der Waals surface area contributed by atoms with E-state index in [9.17, 15) is 4.79 Å². The maximum Gasteiger partial charge on any atom is 0.307 e. The van der Waals surface area contributed by atoms with Gasteiger partial charge in [-0.15, -0.1) is 0 Å². The molecule has 1 fully saturated rings. The lowest BCUT2D eigenvalue weighted by Gasteiger charge is -2.13. The van der Waals surface area contributed by atoms with Gasteiger partial charge in [0.05, 0.1) is 5.92 Å². The summed E-state index contributed by atoms with van der Waals surface area (Å²) < 4.78 is 0. The van der Waals surface area contributed by atoms with Gasteiger partial charge < -0.3 is 5.11 Å². The van der Waals surface area contributed by atoms with Crippen molar-refractivity contribution in [1.82, 2.24) is 0 Å². The molecule has 0 aliphatic heterocycles. The van der Waals surface area contributed by atoms with Crippen molar-refractivity contribution in [3.05, 3.63) is 0 Å². The fraction of sp³-hybridized carbons (Fsp3) is 0.875. The number of carbonyl (C=O) groups is 1. The summed E-state index contributed by atoms with van der Waals surface area (Å²) in [5.41, 5.74) is 0.0891. The van der Waals surface area contributed by atoms with E-state index in [1.165, 1.54) is 0 Å². The minimum absolute atomic E-state index is 0.0764. The zero-order valence-electron chi connectivity index (χ0n) is 6.72. The van der Waals surface area contributed by atoms with Crippen LogP contribution in [0.3, 0.4) is 0 Å². The third-order valence-corrected chi connectivity index (χ3v) is 2.90. The quantitative estimate of drug-likeness (QED) is 0.637. The van der Waals surface area contributed by atoms with E-state index in [-0.39, 0.29) is 11.3 Å². The van der Waals surface area contributed by atoms with Crippen molar-refractivity contribution < 1.29 is 9.90 Å². The van der Waals surface area contributed by atoms with Crippen molar-refractivity contribution in [2.75, 3.05) is 0 Å². The second-order valence-electron chi connectivity index (χ2n) is 3.76. The van der Waals surface area contributed by atoms with Crippen LogP contribution in [0.2, 0.25) is 0 Å². The van der Waals surface area contributed by atoms with Gasteiger partial charge in [-0.05, 0) is 17.8 Å². The van der Waals surface area contributed by atoms with Gasteiger partial charge in [-0.3, -0.25) is 4.79 Å². The zero-order valence-corrected chi connectivity index (χ0v) is 6.72. The van der Waals surface area contributed by atoms with Gasteiger partial charge in [-0.1, -0.05) is 20.8 Å². The van der Waals surface area contributed by atoms with Crippen LogP contribution >= 0.6 is 0 Å². The third kappa shape index (κ3) is 0.917. The molecule has 1 aliphatic rings. The number of carboxylic acid groups (broad SMARTS) is 1. The molecule has 0 aromatic heterocycles. The Hall–Kier alpha value is -0.530. The van der Waals surface area contributed by atoms with E-state index < -0.39 is 5.97 Å². The summed E-state index contributed by atoms with van der Waals surface area (Å²) in [7, 11) is 0. The molecule has 1 aliphatic carbocycles. The average Bonchev–Trinajstić information content (AvgIpc) is 2.43. The second-order valence-corrected chi connectivity index (χ2v) is 3.76. The molecule has 1 N–H and O–H groups in total. The predicted molar refractivity (Wildman–Crippen MR) is 38.7 cm³/mol. The van der Waals surface area contributed by atoms with E-state index in [1.807, 2.05) is 0 Å². The summed E-state index contributed by atoms with van der Waals surface area (Å²) >= 11 is 0. The van der Waals surface area contributed by atoms with E-state index in [4.69, 9.17) is 5.11 Å². The Balaban J connectivity index is 2.56. The van der Waals surface area contributed by atoms with Gasteiger partial charge in [0.15, 0.2) is 0 Å². The Labute approximate surface area is 61.2 Å². The summed E-state index contributed by atoms with van der Waals surface area (Å²) in [5, 5.41) is 8.64. The Morgan fingerprint density at radius 1 is 1.70 bits per heavy atom. The first kappa shape index (κ1) is 7.58. The topological polar surface area (TPSA) is 37.3 Å². The summed E-state index contributed by atoms with van der Waals surface area (Å²) in [5.74, 6) is -0.211. The Morgan fingerprint density at radius 2 is 2.20 bits per heavy atom. The minimum atomic E-state index is -0.629. The highest BCUT2D eigenvalue weighted by atomic mass is 16.4. The molecule has 58 valence electrons. The maximum atomic E-state index is 10.5. The summed E-state index contributed by atoms with van der Waals surface area (Å²) in [6.07, 6.45) is 0.861. The van der Waals surface area contributed by atoms with Gasteiger partial charge in [-0.25, -0.2) is 0 Å². The minimum Gasteiger partial charge on any atom is -0.481 e. The molecule has 1 saturated carbocycles. The molecule has 0 unspecified atom stereocenters. The normalized spacial score (nSPS) is 38.2. The number of rotatable bonds is 2. The van der Waals surface area contributed by atoms with Gasteiger partial charge in [0, 0.05) is 0 Å². The molecule has 2 nitrogen and oxygen atoms in total. The summed E-state index contributed by atoms with van der Waals surface area (Å²) in [6, 6.07) is 0. The van der Waals surface area contributed by atoms with E-state index >= 15 is 0 Å². The van der Waals surface area contributed by atoms with E-state index in [0.717, 1.165) is 6.42 Å². The predicted octanol–water partition coefficient (Wildman–Crippen LogP) is 1.75. The molecule has 10 heavy (non-hydrogen) atoms. The van der Waals surface area contributed by atoms with Crippen LogP contribution < -0.4 is 0 Å². The van der Waals surface area contributed by atoms with Crippen molar-refractivity contribution >= 4 is 5.97 Å². The first-order valence-electron chi connectivity index (χ1n) is 3.71. The second kappa shape index (κ2) is 1.97. The van der Waals surface area contributed by atoms with Crippen molar-refractivity contribution in [2.24, 2.45) is 17.3 Å². The molecular formula is C8H14O2. The first-order chi connectivity index (χ1) is 4.48. The number of aliphatic carboxylic acids is 1. The fourth-order valence-corrected chi connectivity index (χ4v) is 1.39. The SMILES string of the molecule is CC(C)[C@]1(C)C[C@H]1C(=O)O. The highest BCUT2D eigenvalue weighted by molar-refractivity contribution is 5.74. The fourth-order valence-electron chi connectivity index (χ4n) is 1.39. The van der Waals surface area contributed by atoms with E-state index in [2.05, 4.69) is 20.8 Å². The van der Waals surface area contributed by atoms with E-state index in [0.29, 0.717) is 5.92 Å². The lowest BCUT2D eigenvalue weighted by atomic mass is 9.92. The molecule has 0 amide bonds.